The molecular weight excluding hydrogens is 407 g/mol. The first-order chi connectivity index (χ1) is 14.4. The summed E-state index contributed by atoms with van der Waals surface area (Å²) in [6, 6.07) is 14.1. The standard InChI is InChI=1S/C22H17FN2O4S/c1-29-21(27)14-4-2-13(3-5-14)17-10-19(26)25-20(18(17)11-24)30-12-22(25,28)15-6-8-16(23)9-7-15/h2-9,17,28H,10,12H2,1H3/t17-,22+/m0/s1. The van der Waals surface area contributed by atoms with E-state index in [1.807, 2.05) is 0 Å². The molecule has 152 valence electrons. The topological polar surface area (TPSA) is 90.6 Å². The quantitative estimate of drug-likeness (QED) is 0.761. The second-order valence-corrected chi connectivity index (χ2v) is 8.01. The van der Waals surface area contributed by atoms with Crippen molar-refractivity contribution in [2.24, 2.45) is 0 Å². The van der Waals surface area contributed by atoms with Crippen LogP contribution in [0.25, 0.3) is 0 Å². The maximum Gasteiger partial charge on any atom is 0.337 e. The van der Waals surface area contributed by atoms with E-state index < -0.39 is 23.4 Å². The maximum absolute atomic E-state index is 13.3. The van der Waals surface area contributed by atoms with Gasteiger partial charge in [0.1, 0.15) is 5.82 Å². The predicted octanol–water partition coefficient (Wildman–Crippen LogP) is 3.26. The number of halogens is 1. The van der Waals surface area contributed by atoms with E-state index in [9.17, 15) is 24.3 Å². The third-order valence-corrected chi connectivity index (χ3v) is 6.57. The molecule has 2 heterocycles. The number of carbonyl (C=O) groups excluding carboxylic acids is 2. The Labute approximate surface area is 176 Å². The second kappa shape index (κ2) is 7.59. The Bertz CT molecular complexity index is 1090. The van der Waals surface area contributed by atoms with Gasteiger partial charge in [0.15, 0.2) is 5.72 Å². The molecule has 2 aromatic carbocycles. The van der Waals surface area contributed by atoms with Crippen molar-refractivity contribution in [3.63, 3.8) is 0 Å². The van der Waals surface area contributed by atoms with Gasteiger partial charge in [-0.15, -0.1) is 11.8 Å². The number of hydrogen-bond acceptors (Lipinski definition) is 6. The number of benzene rings is 2. The van der Waals surface area contributed by atoms with Crippen molar-refractivity contribution in [2.75, 3.05) is 12.9 Å². The zero-order valence-corrected chi connectivity index (χ0v) is 16.8. The third-order valence-electron chi connectivity index (χ3n) is 5.35. The fourth-order valence-electron chi connectivity index (χ4n) is 3.81. The molecule has 0 aromatic heterocycles. The highest BCUT2D eigenvalue weighted by molar-refractivity contribution is 8.03. The van der Waals surface area contributed by atoms with E-state index in [4.69, 9.17) is 4.74 Å². The molecule has 0 aliphatic carbocycles. The van der Waals surface area contributed by atoms with Gasteiger partial charge >= 0.3 is 5.97 Å². The number of hydrogen-bond donors (Lipinski definition) is 1. The molecule has 0 spiro atoms. The second-order valence-electron chi connectivity index (χ2n) is 7.04. The molecule has 4 rings (SSSR count). The molecule has 8 heteroatoms. The first kappa shape index (κ1) is 20.1. The molecule has 1 fully saturated rings. The van der Waals surface area contributed by atoms with Crippen molar-refractivity contribution in [3.8, 4) is 6.07 Å². The first-order valence-corrected chi connectivity index (χ1v) is 10.1. The molecule has 1 amide bonds. The lowest BCUT2D eigenvalue weighted by Gasteiger charge is -2.38. The molecule has 2 atom stereocenters. The van der Waals surface area contributed by atoms with E-state index >= 15 is 0 Å². The van der Waals surface area contributed by atoms with Crippen LogP contribution in [0.3, 0.4) is 0 Å². The average molecular weight is 424 g/mol. The summed E-state index contributed by atoms with van der Waals surface area (Å²) in [6.45, 7) is 0. The molecule has 6 nitrogen and oxygen atoms in total. The van der Waals surface area contributed by atoms with Gasteiger partial charge in [0, 0.05) is 17.9 Å². The SMILES string of the molecule is COC(=O)c1ccc([C@@H]2CC(=O)N3C(=C2C#N)SC[C@@]3(O)c2ccc(F)cc2)cc1. The highest BCUT2D eigenvalue weighted by Gasteiger charge is 2.51. The molecule has 2 aromatic rings. The summed E-state index contributed by atoms with van der Waals surface area (Å²) in [5.41, 5.74) is 0.211. The van der Waals surface area contributed by atoms with Crippen molar-refractivity contribution in [1.29, 1.82) is 5.26 Å². The number of nitriles is 1. The van der Waals surface area contributed by atoms with Crippen LogP contribution in [0.4, 0.5) is 4.39 Å². The Morgan fingerprint density at radius 1 is 1.27 bits per heavy atom. The molecule has 0 unspecified atom stereocenters. The van der Waals surface area contributed by atoms with Crippen LogP contribution in [-0.2, 0) is 15.3 Å². The molecular formula is C22H17FN2O4S. The van der Waals surface area contributed by atoms with Crippen LogP contribution >= 0.6 is 11.8 Å². The van der Waals surface area contributed by atoms with Gasteiger partial charge in [-0.05, 0) is 29.8 Å². The van der Waals surface area contributed by atoms with Crippen LogP contribution in [0.5, 0.6) is 0 Å². The van der Waals surface area contributed by atoms with Crippen molar-refractivity contribution in [2.45, 2.75) is 18.1 Å². The number of fused-ring (bicyclic) bond motifs is 1. The zero-order chi connectivity index (χ0) is 21.5. The molecule has 0 saturated carbocycles. The van der Waals surface area contributed by atoms with Crippen LogP contribution in [0.15, 0.2) is 59.1 Å². The van der Waals surface area contributed by atoms with Crippen LogP contribution in [-0.4, -0.2) is 34.7 Å². The van der Waals surface area contributed by atoms with Crippen molar-refractivity contribution < 1.29 is 23.8 Å². The summed E-state index contributed by atoms with van der Waals surface area (Å²) in [5, 5.41) is 21.5. The zero-order valence-electron chi connectivity index (χ0n) is 16.0. The lowest BCUT2D eigenvalue weighted by atomic mass is 9.85. The summed E-state index contributed by atoms with van der Waals surface area (Å²) in [4.78, 5) is 26.0. The number of aliphatic hydroxyl groups is 1. The summed E-state index contributed by atoms with van der Waals surface area (Å²) in [6.07, 6.45) is -0.00592. The summed E-state index contributed by atoms with van der Waals surface area (Å²) >= 11 is 1.22. The van der Waals surface area contributed by atoms with Crippen molar-refractivity contribution in [3.05, 3.63) is 81.6 Å². The van der Waals surface area contributed by atoms with Crippen molar-refractivity contribution >= 4 is 23.6 Å². The van der Waals surface area contributed by atoms with E-state index in [-0.39, 0.29) is 18.1 Å². The third kappa shape index (κ3) is 3.16. The first-order valence-electron chi connectivity index (χ1n) is 9.16. The van der Waals surface area contributed by atoms with Crippen LogP contribution < -0.4 is 0 Å². The number of methoxy groups -OCH3 is 1. The monoisotopic (exact) mass is 424 g/mol. The van der Waals surface area contributed by atoms with Crippen LogP contribution in [0, 0.1) is 17.1 Å². The molecule has 30 heavy (non-hydrogen) atoms. The highest BCUT2D eigenvalue weighted by atomic mass is 32.2. The Morgan fingerprint density at radius 3 is 2.53 bits per heavy atom. The fraction of sp³-hybridized carbons (Fsp3) is 0.227. The van der Waals surface area contributed by atoms with Gasteiger partial charge in [-0.25, -0.2) is 9.18 Å². The normalized spacial score (nSPS) is 23.2. The maximum atomic E-state index is 13.3. The van der Waals surface area contributed by atoms with Crippen LogP contribution in [0.2, 0.25) is 0 Å². The summed E-state index contributed by atoms with van der Waals surface area (Å²) in [7, 11) is 1.29. The summed E-state index contributed by atoms with van der Waals surface area (Å²) < 4.78 is 18.0. The minimum Gasteiger partial charge on any atom is -0.465 e. The van der Waals surface area contributed by atoms with Gasteiger partial charge in [0.2, 0.25) is 5.91 Å². The molecule has 0 radical (unpaired) electrons. The largest absolute Gasteiger partial charge is 0.465 e. The summed E-state index contributed by atoms with van der Waals surface area (Å²) in [5.74, 6) is -1.59. The number of rotatable bonds is 3. The molecule has 0 bridgehead atoms. The van der Waals surface area contributed by atoms with Gasteiger partial charge in [0.25, 0.3) is 0 Å². The molecule has 2 aliphatic heterocycles. The van der Waals surface area contributed by atoms with Crippen molar-refractivity contribution in [1.82, 2.24) is 4.90 Å². The van der Waals surface area contributed by atoms with Gasteiger partial charge < -0.3 is 9.84 Å². The number of allylic oxidation sites excluding steroid dienone is 1. The molecule has 2 aliphatic rings. The van der Waals surface area contributed by atoms with E-state index in [0.29, 0.717) is 21.7 Å². The average Bonchev–Trinajstić information content (AvgIpc) is 3.12. The van der Waals surface area contributed by atoms with Crippen LogP contribution in [0.1, 0.15) is 33.8 Å². The Kier molecular flexibility index (Phi) is 5.10. The van der Waals surface area contributed by atoms with Gasteiger partial charge in [-0.2, -0.15) is 5.26 Å². The van der Waals surface area contributed by atoms with E-state index in [0.717, 1.165) is 5.56 Å². The Morgan fingerprint density at radius 2 is 1.93 bits per heavy atom. The predicted molar refractivity (Wildman–Crippen MR) is 107 cm³/mol. The molecule has 1 saturated heterocycles. The van der Waals surface area contributed by atoms with Gasteiger partial charge in [0.05, 0.1) is 35.1 Å². The smallest absolute Gasteiger partial charge is 0.337 e. The highest BCUT2D eigenvalue weighted by Crippen LogP contribution is 2.51. The van der Waals surface area contributed by atoms with E-state index in [2.05, 4.69) is 6.07 Å². The Balaban J connectivity index is 1.73. The van der Waals surface area contributed by atoms with Gasteiger partial charge in [-0.3, -0.25) is 9.69 Å². The van der Waals surface area contributed by atoms with E-state index in [1.54, 1.807) is 24.3 Å². The van der Waals surface area contributed by atoms with Gasteiger partial charge in [-0.1, -0.05) is 24.3 Å². The number of thioether (sulfide) groups is 1. The minimum absolute atomic E-state index is 0.00592. The lowest BCUT2D eigenvalue weighted by Crippen LogP contribution is -2.48. The number of nitrogens with zero attached hydrogens (tertiary/aromatic N) is 2. The number of carbonyl (C=O) groups is 2. The Hall–Kier alpha value is -3.15. The minimum atomic E-state index is -1.65. The lowest BCUT2D eigenvalue weighted by molar-refractivity contribution is -0.149. The number of amides is 1. The number of esters is 1. The fourth-order valence-corrected chi connectivity index (χ4v) is 5.17. The van der Waals surface area contributed by atoms with E-state index in [1.165, 1.54) is 48.0 Å². The molecule has 1 N–H and O–H groups in total. The number of ether oxygens (including phenoxy) is 1.